The molecule has 1 aliphatic heterocycles. The summed E-state index contributed by atoms with van der Waals surface area (Å²) in [7, 11) is -3.60. The molecule has 3 heterocycles. The van der Waals surface area contributed by atoms with Crippen LogP contribution in [0.25, 0.3) is 0 Å². The van der Waals surface area contributed by atoms with E-state index >= 15 is 0 Å². The number of hydrogen-bond acceptors (Lipinski definition) is 6. The highest BCUT2D eigenvalue weighted by Gasteiger charge is 2.32. The summed E-state index contributed by atoms with van der Waals surface area (Å²) in [6.07, 6.45) is 0. The zero-order valence-corrected chi connectivity index (χ0v) is 17.6. The van der Waals surface area contributed by atoms with Crippen LogP contribution < -0.4 is 5.32 Å². The van der Waals surface area contributed by atoms with Gasteiger partial charge in [-0.1, -0.05) is 17.7 Å². The number of nitrogens with zero attached hydrogens (tertiary/aromatic N) is 2. The molecule has 2 amide bonds. The van der Waals surface area contributed by atoms with E-state index in [2.05, 4.69) is 5.32 Å². The zero-order chi connectivity index (χ0) is 19.6. The lowest BCUT2D eigenvalue weighted by molar-refractivity contribution is -0.134. The summed E-state index contributed by atoms with van der Waals surface area (Å²) in [6, 6.07) is 5.82. The number of rotatable bonds is 5. The molecule has 3 rings (SSSR count). The van der Waals surface area contributed by atoms with Gasteiger partial charge in [-0.2, -0.15) is 4.31 Å². The average Bonchev–Trinajstić information content (AvgIpc) is 3.33. The Kier molecular flexibility index (Phi) is 6.21. The molecule has 1 atom stereocenters. The number of carbonyl (C=O) groups is 2. The molecule has 0 radical (unpaired) electrons. The van der Waals surface area contributed by atoms with Gasteiger partial charge in [0.25, 0.3) is 15.9 Å². The van der Waals surface area contributed by atoms with E-state index in [9.17, 15) is 18.0 Å². The van der Waals surface area contributed by atoms with Crippen molar-refractivity contribution in [2.24, 2.45) is 0 Å². The van der Waals surface area contributed by atoms with Crippen LogP contribution in [-0.4, -0.2) is 61.7 Å². The lowest BCUT2D eigenvalue weighted by Crippen LogP contribution is -2.55. The predicted molar refractivity (Wildman–Crippen MR) is 106 cm³/mol. The third-order valence-electron chi connectivity index (χ3n) is 4.16. The van der Waals surface area contributed by atoms with Gasteiger partial charge >= 0.3 is 0 Å². The number of hydrogen-bond donors (Lipinski definition) is 1. The first-order valence-corrected chi connectivity index (χ1v) is 11.7. The summed E-state index contributed by atoms with van der Waals surface area (Å²) in [5.41, 5.74) is 0. The quantitative estimate of drug-likeness (QED) is 0.760. The van der Waals surface area contributed by atoms with Crippen LogP contribution in [0.15, 0.2) is 33.9 Å². The van der Waals surface area contributed by atoms with Crippen LogP contribution in [0.1, 0.15) is 16.6 Å². The minimum atomic E-state index is -3.60. The third-order valence-corrected chi connectivity index (χ3v) is 8.62. The van der Waals surface area contributed by atoms with Gasteiger partial charge in [0.15, 0.2) is 0 Å². The molecule has 0 spiro atoms. The highest BCUT2D eigenvalue weighted by Crippen LogP contribution is 2.28. The first-order valence-electron chi connectivity index (χ1n) is 8.17. The third kappa shape index (κ3) is 4.52. The fraction of sp³-hybridized carbons (Fsp3) is 0.375. The van der Waals surface area contributed by atoms with Gasteiger partial charge < -0.3 is 10.2 Å². The molecule has 1 fully saturated rings. The number of nitrogens with one attached hydrogen (secondary N) is 1. The van der Waals surface area contributed by atoms with Gasteiger partial charge in [-0.05, 0) is 30.5 Å². The maximum Gasteiger partial charge on any atom is 0.261 e. The largest absolute Gasteiger partial charge is 0.340 e. The molecule has 1 saturated heterocycles. The second-order valence-electron chi connectivity index (χ2n) is 5.96. The number of amides is 2. The Morgan fingerprint density at radius 3 is 2.44 bits per heavy atom. The van der Waals surface area contributed by atoms with E-state index in [1.807, 2.05) is 0 Å². The molecular formula is C16H18ClN3O4S3. The first-order chi connectivity index (χ1) is 12.8. The molecule has 27 heavy (non-hydrogen) atoms. The monoisotopic (exact) mass is 447 g/mol. The van der Waals surface area contributed by atoms with Crippen LogP contribution in [0.5, 0.6) is 0 Å². The molecule has 0 aromatic carbocycles. The lowest BCUT2D eigenvalue weighted by atomic mass is 10.2. The van der Waals surface area contributed by atoms with Crippen molar-refractivity contribution in [1.29, 1.82) is 0 Å². The topological polar surface area (TPSA) is 86.8 Å². The van der Waals surface area contributed by atoms with Gasteiger partial charge in [-0.25, -0.2) is 8.42 Å². The van der Waals surface area contributed by atoms with Crippen molar-refractivity contribution in [2.75, 3.05) is 26.2 Å². The van der Waals surface area contributed by atoms with Crippen molar-refractivity contribution >= 4 is 56.1 Å². The molecule has 2 aromatic rings. The Balaban J connectivity index is 1.56. The molecule has 146 valence electrons. The number of piperazine rings is 1. The molecule has 2 aromatic heterocycles. The molecule has 1 aliphatic rings. The average molecular weight is 448 g/mol. The van der Waals surface area contributed by atoms with Crippen LogP contribution >= 0.6 is 34.3 Å². The minimum Gasteiger partial charge on any atom is -0.340 e. The molecule has 0 saturated carbocycles. The van der Waals surface area contributed by atoms with Gasteiger partial charge in [-0.3, -0.25) is 9.59 Å². The predicted octanol–water partition coefficient (Wildman–Crippen LogP) is 2.11. The van der Waals surface area contributed by atoms with E-state index in [0.717, 1.165) is 11.3 Å². The fourth-order valence-electron chi connectivity index (χ4n) is 2.72. The van der Waals surface area contributed by atoms with Gasteiger partial charge in [0, 0.05) is 26.2 Å². The number of carbonyl (C=O) groups excluding carboxylic acids is 2. The van der Waals surface area contributed by atoms with Crippen LogP contribution in [0.4, 0.5) is 0 Å². The first kappa shape index (κ1) is 20.3. The van der Waals surface area contributed by atoms with Crippen LogP contribution in [0.3, 0.4) is 0 Å². The van der Waals surface area contributed by atoms with E-state index < -0.39 is 16.1 Å². The normalized spacial score (nSPS) is 16.9. The second-order valence-corrected chi connectivity index (χ2v) is 10.8. The molecule has 7 nitrogen and oxygen atoms in total. The van der Waals surface area contributed by atoms with Gasteiger partial charge in [0.1, 0.15) is 10.3 Å². The molecule has 0 aliphatic carbocycles. The Bertz CT molecular complexity index is 919. The summed E-state index contributed by atoms with van der Waals surface area (Å²) in [5.74, 6) is -0.516. The highest BCUT2D eigenvalue weighted by molar-refractivity contribution is 7.91. The Labute approximate surface area is 170 Å². The summed E-state index contributed by atoms with van der Waals surface area (Å²) in [5, 5.41) is 4.48. The molecule has 1 N–H and O–H groups in total. The Hall–Kier alpha value is -1.46. The van der Waals surface area contributed by atoms with E-state index in [1.54, 1.807) is 35.4 Å². The summed E-state index contributed by atoms with van der Waals surface area (Å²) >= 11 is 8.15. The van der Waals surface area contributed by atoms with Crippen molar-refractivity contribution in [3.63, 3.8) is 0 Å². The Morgan fingerprint density at radius 1 is 1.19 bits per heavy atom. The maximum atomic E-state index is 12.6. The SMILES string of the molecule is CC(NC(=O)c1cccs1)C(=O)N1CCN(S(=O)(=O)c2ccc(Cl)s2)CC1. The van der Waals surface area contributed by atoms with Crippen LogP contribution in [0, 0.1) is 0 Å². The van der Waals surface area contributed by atoms with Crippen molar-refractivity contribution in [3.05, 3.63) is 38.9 Å². The van der Waals surface area contributed by atoms with Crippen molar-refractivity contribution in [1.82, 2.24) is 14.5 Å². The summed E-state index contributed by atoms with van der Waals surface area (Å²) in [6.45, 7) is 2.59. The van der Waals surface area contributed by atoms with Crippen LogP contribution in [0.2, 0.25) is 4.34 Å². The van der Waals surface area contributed by atoms with E-state index in [0.29, 0.717) is 9.21 Å². The van der Waals surface area contributed by atoms with Crippen molar-refractivity contribution in [3.8, 4) is 0 Å². The number of thiophene rings is 2. The zero-order valence-electron chi connectivity index (χ0n) is 14.4. The minimum absolute atomic E-state index is 0.198. The molecular weight excluding hydrogens is 430 g/mol. The van der Waals surface area contributed by atoms with Crippen LogP contribution in [-0.2, 0) is 14.8 Å². The maximum absolute atomic E-state index is 12.6. The molecule has 0 bridgehead atoms. The summed E-state index contributed by atoms with van der Waals surface area (Å²) < 4.78 is 27.2. The standard InChI is InChI=1S/C16H18ClN3O4S3/c1-11(18-15(21)12-3-2-10-25-12)16(22)19-6-8-20(9-7-19)27(23,24)14-5-4-13(17)26-14/h2-5,10-11H,6-9H2,1H3,(H,18,21). The van der Waals surface area contributed by atoms with Gasteiger partial charge in [-0.15, -0.1) is 22.7 Å². The summed E-state index contributed by atoms with van der Waals surface area (Å²) in [4.78, 5) is 26.8. The van der Waals surface area contributed by atoms with E-state index in [1.165, 1.54) is 21.7 Å². The van der Waals surface area contributed by atoms with E-state index in [4.69, 9.17) is 11.6 Å². The number of sulfonamides is 1. The van der Waals surface area contributed by atoms with Gasteiger partial charge in [0.2, 0.25) is 5.91 Å². The second kappa shape index (κ2) is 8.27. The van der Waals surface area contributed by atoms with Gasteiger partial charge in [0.05, 0.1) is 9.21 Å². The van der Waals surface area contributed by atoms with E-state index in [-0.39, 0.29) is 42.2 Å². The van der Waals surface area contributed by atoms with Crippen molar-refractivity contribution < 1.29 is 18.0 Å². The Morgan fingerprint density at radius 2 is 1.89 bits per heavy atom. The lowest BCUT2D eigenvalue weighted by Gasteiger charge is -2.35. The fourth-order valence-corrected chi connectivity index (χ4v) is 6.41. The molecule has 1 unspecified atom stereocenters. The molecule has 11 heteroatoms. The van der Waals surface area contributed by atoms with Crippen molar-refractivity contribution in [2.45, 2.75) is 17.2 Å². The number of halogens is 1. The smallest absolute Gasteiger partial charge is 0.261 e. The highest BCUT2D eigenvalue weighted by atomic mass is 35.5.